The fourth-order valence-electron chi connectivity index (χ4n) is 3.10. The second kappa shape index (κ2) is 5.36. The molecule has 0 unspecified atom stereocenters. The second-order valence-corrected chi connectivity index (χ2v) is 5.57. The molecule has 3 atom stereocenters. The summed E-state index contributed by atoms with van der Waals surface area (Å²) in [6.07, 6.45) is 2.65. The average Bonchev–Trinajstić information content (AvgIpc) is 2.69. The van der Waals surface area contributed by atoms with Gasteiger partial charge in [0.1, 0.15) is 0 Å². The van der Waals surface area contributed by atoms with E-state index < -0.39 is 0 Å². The molecule has 2 rings (SSSR count). The van der Waals surface area contributed by atoms with E-state index in [2.05, 4.69) is 6.92 Å². The standard InChI is InChI=1S/C13H24N2O2/c1-4-12-11-5-6-15(7-10(11)9-17-12)13(16)8-14(2)3/h10-12H,4-9H2,1-3H3/t10-,11-,12-/m1/s1. The molecule has 2 saturated heterocycles. The second-order valence-electron chi connectivity index (χ2n) is 5.57. The van der Waals surface area contributed by atoms with Gasteiger partial charge in [0.05, 0.1) is 19.3 Å². The maximum absolute atomic E-state index is 12.0. The predicted molar refractivity (Wildman–Crippen MR) is 66.8 cm³/mol. The van der Waals surface area contributed by atoms with Crippen LogP contribution in [-0.2, 0) is 9.53 Å². The summed E-state index contributed by atoms with van der Waals surface area (Å²) in [5, 5.41) is 0. The molecule has 0 bridgehead atoms. The molecule has 0 radical (unpaired) electrons. The minimum Gasteiger partial charge on any atom is -0.378 e. The Labute approximate surface area is 104 Å². The van der Waals surface area contributed by atoms with Crippen LogP contribution in [-0.4, -0.2) is 62.1 Å². The summed E-state index contributed by atoms with van der Waals surface area (Å²) in [5.41, 5.74) is 0. The molecular weight excluding hydrogens is 216 g/mol. The topological polar surface area (TPSA) is 32.8 Å². The van der Waals surface area contributed by atoms with E-state index in [4.69, 9.17) is 4.74 Å². The monoisotopic (exact) mass is 240 g/mol. The first-order chi connectivity index (χ1) is 8.11. The highest BCUT2D eigenvalue weighted by molar-refractivity contribution is 5.78. The number of piperidine rings is 1. The third kappa shape index (κ3) is 2.80. The lowest BCUT2D eigenvalue weighted by molar-refractivity contribution is -0.134. The van der Waals surface area contributed by atoms with E-state index in [-0.39, 0.29) is 5.91 Å². The molecule has 0 aromatic heterocycles. The van der Waals surface area contributed by atoms with Gasteiger partial charge in [0, 0.05) is 19.0 Å². The maximum Gasteiger partial charge on any atom is 0.236 e. The molecule has 0 aromatic carbocycles. The molecule has 17 heavy (non-hydrogen) atoms. The van der Waals surface area contributed by atoms with Crippen LogP contribution in [0.5, 0.6) is 0 Å². The molecule has 2 heterocycles. The Bertz CT molecular complexity index is 281. The van der Waals surface area contributed by atoms with Crippen molar-refractivity contribution in [2.45, 2.75) is 25.9 Å². The molecular formula is C13H24N2O2. The first kappa shape index (κ1) is 12.8. The van der Waals surface area contributed by atoms with Crippen LogP contribution in [0.2, 0.25) is 0 Å². The first-order valence-electron chi connectivity index (χ1n) is 6.66. The molecule has 4 heteroatoms. The number of amides is 1. The number of ether oxygens (including phenoxy) is 1. The minimum absolute atomic E-state index is 0.258. The molecule has 2 aliphatic rings. The van der Waals surface area contributed by atoms with Crippen LogP contribution >= 0.6 is 0 Å². The summed E-state index contributed by atoms with van der Waals surface area (Å²) in [6, 6.07) is 0. The Morgan fingerprint density at radius 2 is 2.24 bits per heavy atom. The van der Waals surface area contributed by atoms with E-state index in [1.54, 1.807) is 0 Å². The number of carbonyl (C=O) groups excluding carboxylic acids is 1. The molecule has 4 nitrogen and oxygen atoms in total. The highest BCUT2D eigenvalue weighted by Crippen LogP contribution is 2.35. The fourth-order valence-corrected chi connectivity index (χ4v) is 3.10. The van der Waals surface area contributed by atoms with E-state index in [0.717, 1.165) is 32.5 Å². The van der Waals surface area contributed by atoms with E-state index in [9.17, 15) is 4.79 Å². The number of nitrogens with zero attached hydrogens (tertiary/aromatic N) is 2. The Hall–Kier alpha value is -0.610. The molecule has 98 valence electrons. The number of hydrogen-bond donors (Lipinski definition) is 0. The minimum atomic E-state index is 0.258. The van der Waals surface area contributed by atoms with Gasteiger partial charge in [-0.2, -0.15) is 0 Å². The number of rotatable bonds is 3. The van der Waals surface area contributed by atoms with Crippen LogP contribution in [0.1, 0.15) is 19.8 Å². The summed E-state index contributed by atoms with van der Waals surface area (Å²) in [5.74, 6) is 1.51. The van der Waals surface area contributed by atoms with Gasteiger partial charge in [0.15, 0.2) is 0 Å². The Morgan fingerprint density at radius 3 is 2.88 bits per heavy atom. The van der Waals surface area contributed by atoms with Gasteiger partial charge in [-0.3, -0.25) is 4.79 Å². The largest absolute Gasteiger partial charge is 0.378 e. The van der Waals surface area contributed by atoms with E-state index >= 15 is 0 Å². The van der Waals surface area contributed by atoms with Gasteiger partial charge in [-0.1, -0.05) is 6.92 Å². The highest BCUT2D eigenvalue weighted by atomic mass is 16.5. The third-order valence-corrected chi connectivity index (χ3v) is 4.00. The quantitative estimate of drug-likeness (QED) is 0.732. The summed E-state index contributed by atoms with van der Waals surface area (Å²) in [4.78, 5) is 15.9. The van der Waals surface area contributed by atoms with Gasteiger partial charge in [0.25, 0.3) is 0 Å². The predicted octanol–water partition coefficient (Wildman–Crippen LogP) is 0.821. The van der Waals surface area contributed by atoms with E-state index in [1.165, 1.54) is 0 Å². The molecule has 0 N–H and O–H groups in total. The molecule has 1 amide bonds. The first-order valence-corrected chi connectivity index (χ1v) is 6.66. The summed E-state index contributed by atoms with van der Waals surface area (Å²) in [6.45, 7) is 5.36. The number of fused-ring (bicyclic) bond motifs is 1. The molecule has 0 aliphatic carbocycles. The number of likely N-dealkylation sites (tertiary alicyclic amines) is 1. The summed E-state index contributed by atoms with van der Waals surface area (Å²) in [7, 11) is 3.88. The van der Waals surface area contributed by atoms with Gasteiger partial charge < -0.3 is 14.5 Å². The van der Waals surface area contributed by atoms with Gasteiger partial charge in [-0.05, 0) is 32.9 Å². The van der Waals surface area contributed by atoms with Gasteiger partial charge in [-0.15, -0.1) is 0 Å². The van der Waals surface area contributed by atoms with Crippen LogP contribution in [0.25, 0.3) is 0 Å². The Kier molecular flexibility index (Phi) is 4.05. The molecule has 0 aromatic rings. The summed E-state index contributed by atoms with van der Waals surface area (Å²) < 4.78 is 5.81. The van der Waals surface area contributed by atoms with Gasteiger partial charge >= 0.3 is 0 Å². The lowest BCUT2D eigenvalue weighted by atomic mass is 9.83. The lowest BCUT2D eigenvalue weighted by Crippen LogP contribution is -2.47. The van der Waals surface area contributed by atoms with Crippen LogP contribution in [0.4, 0.5) is 0 Å². The third-order valence-electron chi connectivity index (χ3n) is 4.00. The molecule has 2 aliphatic heterocycles. The summed E-state index contributed by atoms with van der Waals surface area (Å²) >= 11 is 0. The Morgan fingerprint density at radius 1 is 1.47 bits per heavy atom. The molecule has 0 spiro atoms. The zero-order valence-electron chi connectivity index (χ0n) is 11.2. The number of likely N-dealkylation sites (N-methyl/N-ethyl adjacent to an activating group) is 1. The lowest BCUT2D eigenvalue weighted by Gasteiger charge is -2.36. The van der Waals surface area contributed by atoms with Crippen molar-refractivity contribution < 1.29 is 9.53 Å². The molecule has 0 saturated carbocycles. The number of carbonyl (C=O) groups is 1. The van der Waals surface area contributed by atoms with Crippen molar-refractivity contribution in [3.63, 3.8) is 0 Å². The zero-order chi connectivity index (χ0) is 12.4. The average molecular weight is 240 g/mol. The number of hydrogen-bond acceptors (Lipinski definition) is 3. The van der Waals surface area contributed by atoms with Crippen LogP contribution in [0, 0.1) is 11.8 Å². The molecule has 2 fully saturated rings. The Balaban J connectivity index is 1.89. The van der Waals surface area contributed by atoms with E-state index in [0.29, 0.717) is 24.5 Å². The normalized spacial score (nSPS) is 32.9. The van der Waals surface area contributed by atoms with Crippen molar-refractivity contribution in [2.24, 2.45) is 11.8 Å². The van der Waals surface area contributed by atoms with Crippen LogP contribution in [0.15, 0.2) is 0 Å². The maximum atomic E-state index is 12.0. The zero-order valence-corrected chi connectivity index (χ0v) is 11.2. The van der Waals surface area contributed by atoms with Crippen molar-refractivity contribution in [3.05, 3.63) is 0 Å². The fraction of sp³-hybridized carbons (Fsp3) is 0.923. The van der Waals surface area contributed by atoms with Crippen molar-refractivity contribution in [3.8, 4) is 0 Å². The van der Waals surface area contributed by atoms with Crippen molar-refractivity contribution >= 4 is 5.91 Å². The van der Waals surface area contributed by atoms with Crippen molar-refractivity contribution in [2.75, 3.05) is 40.3 Å². The van der Waals surface area contributed by atoms with Crippen LogP contribution < -0.4 is 0 Å². The smallest absolute Gasteiger partial charge is 0.236 e. The van der Waals surface area contributed by atoms with E-state index in [1.807, 2.05) is 23.9 Å². The van der Waals surface area contributed by atoms with Gasteiger partial charge in [-0.25, -0.2) is 0 Å². The van der Waals surface area contributed by atoms with Crippen molar-refractivity contribution in [1.29, 1.82) is 0 Å². The van der Waals surface area contributed by atoms with Crippen molar-refractivity contribution in [1.82, 2.24) is 9.80 Å². The van der Waals surface area contributed by atoms with Crippen LogP contribution in [0.3, 0.4) is 0 Å². The highest BCUT2D eigenvalue weighted by Gasteiger charge is 2.40. The van der Waals surface area contributed by atoms with Gasteiger partial charge in [0.2, 0.25) is 5.91 Å². The SMILES string of the molecule is CC[C@H]1OC[C@H]2CN(C(=O)CN(C)C)CC[C@H]21.